The van der Waals surface area contributed by atoms with Gasteiger partial charge in [0.15, 0.2) is 9.84 Å². The highest BCUT2D eigenvalue weighted by Crippen LogP contribution is 2.23. The molecular formula is C15H25N3O2S. The van der Waals surface area contributed by atoms with Crippen LogP contribution in [-0.2, 0) is 9.84 Å². The van der Waals surface area contributed by atoms with E-state index < -0.39 is 9.84 Å². The normalized spacial score (nSPS) is 16.5. The Bertz CT molecular complexity index is 581. The maximum atomic E-state index is 11.5. The average molecular weight is 311 g/mol. The van der Waals surface area contributed by atoms with Crippen molar-refractivity contribution in [1.82, 2.24) is 4.90 Å². The van der Waals surface area contributed by atoms with Crippen molar-refractivity contribution in [3.63, 3.8) is 0 Å². The molecule has 0 radical (unpaired) electrons. The van der Waals surface area contributed by atoms with E-state index in [0.29, 0.717) is 11.7 Å². The monoisotopic (exact) mass is 311 g/mol. The van der Waals surface area contributed by atoms with Gasteiger partial charge in [0.1, 0.15) is 0 Å². The Morgan fingerprint density at radius 1 is 1.33 bits per heavy atom. The number of likely N-dealkylation sites (N-methyl/N-ethyl adjacent to an activating group) is 1. The van der Waals surface area contributed by atoms with Crippen LogP contribution in [0.3, 0.4) is 0 Å². The van der Waals surface area contributed by atoms with Crippen molar-refractivity contribution in [3.05, 3.63) is 18.2 Å². The molecule has 6 heteroatoms. The minimum absolute atomic E-state index is 0.258. The number of benzene rings is 1. The molecule has 1 aliphatic carbocycles. The zero-order valence-electron chi connectivity index (χ0n) is 12.8. The van der Waals surface area contributed by atoms with Crippen molar-refractivity contribution in [3.8, 4) is 0 Å². The second kappa shape index (κ2) is 6.66. The predicted octanol–water partition coefficient (Wildman–Crippen LogP) is 1.96. The SMILES string of the molecule is CN(CCNc1ccc(S(C)(=O)=O)cc1N)C1CCCC1. The number of nitrogens with two attached hydrogens (primary N) is 1. The largest absolute Gasteiger partial charge is 0.397 e. The van der Waals surface area contributed by atoms with Gasteiger partial charge in [-0.25, -0.2) is 8.42 Å². The minimum atomic E-state index is -3.20. The van der Waals surface area contributed by atoms with Gasteiger partial charge in [0, 0.05) is 25.4 Å². The van der Waals surface area contributed by atoms with E-state index in [9.17, 15) is 8.42 Å². The summed E-state index contributed by atoms with van der Waals surface area (Å²) in [5, 5.41) is 3.28. The van der Waals surface area contributed by atoms with Gasteiger partial charge in [0.25, 0.3) is 0 Å². The summed E-state index contributed by atoms with van der Waals surface area (Å²) < 4.78 is 22.9. The molecular weight excluding hydrogens is 286 g/mol. The lowest BCUT2D eigenvalue weighted by Gasteiger charge is -2.24. The van der Waals surface area contributed by atoms with Crippen LogP contribution < -0.4 is 11.1 Å². The molecule has 2 rings (SSSR count). The molecule has 1 aliphatic rings. The first-order valence-electron chi connectivity index (χ1n) is 7.41. The average Bonchev–Trinajstić information content (AvgIpc) is 2.93. The van der Waals surface area contributed by atoms with Crippen LogP contribution in [0, 0.1) is 0 Å². The quantitative estimate of drug-likeness (QED) is 0.786. The molecule has 1 saturated carbocycles. The first-order chi connectivity index (χ1) is 9.88. The smallest absolute Gasteiger partial charge is 0.175 e. The van der Waals surface area contributed by atoms with Crippen molar-refractivity contribution < 1.29 is 8.42 Å². The van der Waals surface area contributed by atoms with Crippen LogP contribution in [-0.4, -0.2) is 45.8 Å². The summed E-state index contributed by atoms with van der Waals surface area (Å²) >= 11 is 0. The summed E-state index contributed by atoms with van der Waals surface area (Å²) in [4.78, 5) is 2.65. The van der Waals surface area contributed by atoms with Crippen molar-refractivity contribution in [2.45, 2.75) is 36.6 Å². The lowest BCUT2D eigenvalue weighted by Crippen LogP contribution is -2.33. The third-order valence-corrected chi connectivity index (χ3v) is 5.29. The molecule has 0 atom stereocenters. The Balaban J connectivity index is 1.88. The first-order valence-corrected chi connectivity index (χ1v) is 9.31. The van der Waals surface area contributed by atoms with Gasteiger partial charge in [-0.1, -0.05) is 12.8 Å². The molecule has 0 aromatic heterocycles. The molecule has 0 heterocycles. The van der Waals surface area contributed by atoms with E-state index in [2.05, 4.69) is 17.3 Å². The van der Waals surface area contributed by atoms with Crippen molar-refractivity contribution in [2.75, 3.05) is 37.4 Å². The van der Waals surface area contributed by atoms with E-state index in [0.717, 1.165) is 18.8 Å². The molecule has 1 fully saturated rings. The molecule has 21 heavy (non-hydrogen) atoms. The topological polar surface area (TPSA) is 75.4 Å². The molecule has 0 spiro atoms. The number of nitrogens with one attached hydrogen (secondary N) is 1. The van der Waals surface area contributed by atoms with Gasteiger partial charge in [0.2, 0.25) is 0 Å². The molecule has 118 valence electrons. The Labute approximate surface area is 127 Å². The number of hydrogen-bond acceptors (Lipinski definition) is 5. The van der Waals surface area contributed by atoms with Gasteiger partial charge in [-0.3, -0.25) is 0 Å². The summed E-state index contributed by atoms with van der Waals surface area (Å²) in [6.07, 6.45) is 6.44. The van der Waals surface area contributed by atoms with E-state index in [-0.39, 0.29) is 4.90 Å². The second-order valence-electron chi connectivity index (χ2n) is 5.87. The van der Waals surface area contributed by atoms with Gasteiger partial charge in [-0.15, -0.1) is 0 Å². The van der Waals surface area contributed by atoms with Crippen molar-refractivity contribution in [2.24, 2.45) is 0 Å². The number of sulfone groups is 1. The van der Waals surface area contributed by atoms with Gasteiger partial charge in [-0.2, -0.15) is 0 Å². The molecule has 3 N–H and O–H groups in total. The summed E-state index contributed by atoms with van der Waals surface area (Å²) in [6.45, 7) is 1.76. The van der Waals surface area contributed by atoms with Gasteiger partial charge < -0.3 is 16.0 Å². The third kappa shape index (κ3) is 4.35. The standard InChI is InChI=1S/C15H25N3O2S/c1-18(12-5-3-4-6-12)10-9-17-15-8-7-13(11-14(15)16)21(2,19)20/h7-8,11-12,17H,3-6,9-10,16H2,1-2H3. The minimum Gasteiger partial charge on any atom is -0.397 e. The lowest BCUT2D eigenvalue weighted by atomic mass is 10.2. The summed E-state index contributed by atoms with van der Waals surface area (Å²) in [5.74, 6) is 0. The van der Waals surface area contributed by atoms with E-state index in [4.69, 9.17) is 5.73 Å². The Morgan fingerprint density at radius 3 is 2.57 bits per heavy atom. The van der Waals surface area contributed by atoms with Crippen LogP contribution in [0.15, 0.2) is 23.1 Å². The van der Waals surface area contributed by atoms with Gasteiger partial charge in [-0.05, 0) is 38.1 Å². The predicted molar refractivity (Wildman–Crippen MR) is 87.3 cm³/mol. The molecule has 0 saturated heterocycles. The van der Waals surface area contributed by atoms with Crippen LogP contribution >= 0.6 is 0 Å². The van der Waals surface area contributed by atoms with E-state index >= 15 is 0 Å². The van der Waals surface area contributed by atoms with Crippen molar-refractivity contribution >= 4 is 21.2 Å². The van der Waals surface area contributed by atoms with Gasteiger partial charge in [0.05, 0.1) is 16.3 Å². The van der Waals surface area contributed by atoms with Crippen LogP contribution in [0.25, 0.3) is 0 Å². The number of nitrogens with zero attached hydrogens (tertiary/aromatic N) is 1. The first kappa shape index (κ1) is 16.1. The van der Waals surface area contributed by atoms with Crippen molar-refractivity contribution in [1.29, 1.82) is 0 Å². The number of nitrogen functional groups attached to an aromatic ring is 1. The lowest BCUT2D eigenvalue weighted by molar-refractivity contribution is 0.254. The summed E-state index contributed by atoms with van der Waals surface area (Å²) in [6, 6.07) is 5.55. The van der Waals surface area contributed by atoms with E-state index in [1.165, 1.54) is 38.0 Å². The number of anilines is 2. The molecule has 0 bridgehead atoms. The Morgan fingerprint density at radius 2 is 2.00 bits per heavy atom. The van der Waals surface area contributed by atoms with Gasteiger partial charge >= 0.3 is 0 Å². The fourth-order valence-corrected chi connectivity index (χ4v) is 3.48. The fourth-order valence-electron chi connectivity index (χ4n) is 2.83. The highest BCUT2D eigenvalue weighted by atomic mass is 32.2. The van der Waals surface area contributed by atoms with Crippen LogP contribution in [0.1, 0.15) is 25.7 Å². The van der Waals surface area contributed by atoms with Crippen LogP contribution in [0.4, 0.5) is 11.4 Å². The second-order valence-corrected chi connectivity index (χ2v) is 7.88. The van der Waals surface area contributed by atoms with E-state index in [1.807, 2.05) is 0 Å². The zero-order chi connectivity index (χ0) is 15.5. The highest BCUT2D eigenvalue weighted by molar-refractivity contribution is 7.90. The van der Waals surface area contributed by atoms with Crippen LogP contribution in [0.2, 0.25) is 0 Å². The summed E-state index contributed by atoms with van der Waals surface area (Å²) in [5.41, 5.74) is 7.18. The maximum absolute atomic E-state index is 11.5. The molecule has 0 unspecified atom stereocenters. The highest BCUT2D eigenvalue weighted by Gasteiger charge is 2.18. The van der Waals surface area contributed by atoms with Crippen LogP contribution in [0.5, 0.6) is 0 Å². The molecule has 1 aromatic carbocycles. The number of hydrogen-bond donors (Lipinski definition) is 2. The molecule has 5 nitrogen and oxygen atoms in total. The number of rotatable bonds is 6. The summed E-state index contributed by atoms with van der Waals surface area (Å²) in [7, 11) is -1.04. The maximum Gasteiger partial charge on any atom is 0.175 e. The molecule has 0 amide bonds. The third-order valence-electron chi connectivity index (χ3n) is 4.18. The Hall–Kier alpha value is -1.27. The Kier molecular flexibility index (Phi) is 5.11. The molecule has 1 aromatic rings. The van der Waals surface area contributed by atoms with E-state index in [1.54, 1.807) is 12.1 Å². The molecule has 0 aliphatic heterocycles. The zero-order valence-corrected chi connectivity index (χ0v) is 13.6. The fraction of sp³-hybridized carbons (Fsp3) is 0.600.